The van der Waals surface area contributed by atoms with Gasteiger partial charge in [0.2, 0.25) is 0 Å². The van der Waals surface area contributed by atoms with Crippen molar-refractivity contribution in [1.82, 2.24) is 4.98 Å². The minimum absolute atomic E-state index is 0.0852. The number of sulfone groups is 1. The van der Waals surface area contributed by atoms with Crippen LogP contribution in [0.1, 0.15) is 35.8 Å². The molecule has 7 heteroatoms. The molecule has 0 aliphatic carbocycles. The lowest BCUT2D eigenvalue weighted by atomic mass is 10.2. The molecule has 5 nitrogen and oxygen atoms in total. The van der Waals surface area contributed by atoms with Crippen LogP contribution >= 0.6 is 11.3 Å². The van der Waals surface area contributed by atoms with Crippen LogP contribution in [0.2, 0.25) is 0 Å². The van der Waals surface area contributed by atoms with Crippen LogP contribution in [0, 0.1) is 0 Å². The number of carboxylic acids is 1. The summed E-state index contributed by atoms with van der Waals surface area (Å²) in [5.74, 6) is -0.864. The second-order valence-corrected chi connectivity index (χ2v) is 7.35. The summed E-state index contributed by atoms with van der Waals surface area (Å²) in [7, 11) is -3.12. The van der Waals surface area contributed by atoms with E-state index in [2.05, 4.69) is 4.98 Å². The Kier molecular flexibility index (Phi) is 5.28. The van der Waals surface area contributed by atoms with E-state index in [1.807, 2.05) is 13.8 Å². The quantitative estimate of drug-likeness (QED) is 0.826. The fraction of sp³-hybridized carbons (Fsp3) is 0.636. The van der Waals surface area contributed by atoms with Crippen LogP contribution in [0.5, 0.6) is 0 Å². The number of aromatic nitrogens is 1. The average Bonchev–Trinajstić information content (AvgIpc) is 2.57. The lowest BCUT2D eigenvalue weighted by Crippen LogP contribution is -2.08. The number of hydrogen-bond acceptors (Lipinski definition) is 5. The van der Waals surface area contributed by atoms with Crippen molar-refractivity contribution in [2.75, 3.05) is 5.75 Å². The molecule has 0 saturated heterocycles. The molecule has 0 fully saturated rings. The van der Waals surface area contributed by atoms with Crippen molar-refractivity contribution in [3.8, 4) is 0 Å². The standard InChI is InChI=1S/C11H17NO4S2/c1-3-5-18(15,16)7-10-12-8(4-2)9(17-10)6-11(13)14/h3-7H2,1-2H3,(H,13,14). The third-order valence-electron chi connectivity index (χ3n) is 2.33. The van der Waals surface area contributed by atoms with Crippen molar-refractivity contribution in [2.45, 2.75) is 38.9 Å². The number of aryl methyl sites for hydroxylation is 1. The normalized spacial score (nSPS) is 11.7. The summed E-state index contributed by atoms with van der Waals surface area (Å²) in [5.41, 5.74) is 0.698. The van der Waals surface area contributed by atoms with E-state index < -0.39 is 15.8 Å². The Morgan fingerprint density at radius 3 is 2.56 bits per heavy atom. The summed E-state index contributed by atoms with van der Waals surface area (Å²) in [5, 5.41) is 9.27. The fourth-order valence-electron chi connectivity index (χ4n) is 1.62. The number of hydrogen-bond donors (Lipinski definition) is 1. The summed E-state index contributed by atoms with van der Waals surface area (Å²) in [4.78, 5) is 15.6. The fourth-order valence-corrected chi connectivity index (χ4v) is 4.55. The smallest absolute Gasteiger partial charge is 0.308 e. The van der Waals surface area contributed by atoms with Gasteiger partial charge in [-0.3, -0.25) is 4.79 Å². The first-order valence-electron chi connectivity index (χ1n) is 5.77. The van der Waals surface area contributed by atoms with Gasteiger partial charge in [0.25, 0.3) is 0 Å². The van der Waals surface area contributed by atoms with Crippen molar-refractivity contribution in [1.29, 1.82) is 0 Å². The van der Waals surface area contributed by atoms with E-state index in [1.54, 1.807) is 0 Å². The van der Waals surface area contributed by atoms with Gasteiger partial charge in [-0.05, 0) is 12.8 Å². The minimum atomic E-state index is -3.12. The maximum atomic E-state index is 11.7. The number of aliphatic carboxylic acids is 1. The van der Waals surface area contributed by atoms with Gasteiger partial charge in [-0.2, -0.15) is 0 Å². The molecule has 18 heavy (non-hydrogen) atoms. The Balaban J connectivity index is 2.91. The lowest BCUT2D eigenvalue weighted by molar-refractivity contribution is -0.136. The van der Waals surface area contributed by atoms with Crippen molar-refractivity contribution < 1.29 is 18.3 Å². The second-order valence-electron chi connectivity index (χ2n) is 3.99. The molecule has 1 heterocycles. The highest BCUT2D eigenvalue weighted by Gasteiger charge is 2.17. The lowest BCUT2D eigenvalue weighted by Gasteiger charge is -1.98. The molecule has 0 radical (unpaired) electrons. The van der Waals surface area contributed by atoms with Gasteiger partial charge in [0.1, 0.15) is 10.8 Å². The largest absolute Gasteiger partial charge is 0.481 e. The molecule has 1 aromatic rings. The SMILES string of the molecule is CCCS(=O)(=O)Cc1nc(CC)c(CC(=O)O)s1. The van der Waals surface area contributed by atoms with E-state index in [-0.39, 0.29) is 17.9 Å². The third kappa shape index (κ3) is 4.38. The Morgan fingerprint density at radius 2 is 2.06 bits per heavy atom. The Bertz CT molecular complexity index is 519. The van der Waals surface area contributed by atoms with Crippen LogP contribution in [-0.2, 0) is 33.2 Å². The molecule has 0 aromatic carbocycles. The molecule has 0 aliphatic heterocycles. The highest BCUT2D eigenvalue weighted by Crippen LogP contribution is 2.22. The number of carboxylic acid groups (broad SMARTS) is 1. The van der Waals surface area contributed by atoms with Crippen LogP contribution in [0.15, 0.2) is 0 Å². The molecule has 0 atom stereocenters. The van der Waals surface area contributed by atoms with E-state index in [0.29, 0.717) is 28.4 Å². The number of carbonyl (C=O) groups is 1. The number of thiazole rings is 1. The predicted molar refractivity (Wildman–Crippen MR) is 70.6 cm³/mol. The van der Waals surface area contributed by atoms with Crippen LogP contribution in [0.3, 0.4) is 0 Å². The number of nitrogens with zero attached hydrogens (tertiary/aromatic N) is 1. The van der Waals surface area contributed by atoms with Gasteiger partial charge < -0.3 is 5.11 Å². The maximum Gasteiger partial charge on any atom is 0.308 e. The summed E-state index contributed by atoms with van der Waals surface area (Å²) in [6.07, 6.45) is 1.11. The molecule has 1 N–H and O–H groups in total. The summed E-state index contributed by atoms with van der Waals surface area (Å²) >= 11 is 1.19. The Labute approximate surface area is 111 Å². The first kappa shape index (κ1) is 15.1. The topological polar surface area (TPSA) is 84.3 Å². The van der Waals surface area contributed by atoms with Gasteiger partial charge in [-0.25, -0.2) is 13.4 Å². The highest BCUT2D eigenvalue weighted by molar-refractivity contribution is 7.90. The zero-order valence-corrected chi connectivity index (χ0v) is 12.1. The van der Waals surface area contributed by atoms with E-state index in [0.717, 1.165) is 0 Å². The maximum absolute atomic E-state index is 11.7. The number of rotatable bonds is 7. The summed E-state index contributed by atoms with van der Waals surface area (Å²) in [6.45, 7) is 3.69. The van der Waals surface area contributed by atoms with Crippen LogP contribution in [-0.4, -0.2) is 30.2 Å². The van der Waals surface area contributed by atoms with Crippen LogP contribution < -0.4 is 0 Å². The van der Waals surface area contributed by atoms with Crippen molar-refractivity contribution in [3.63, 3.8) is 0 Å². The summed E-state index contributed by atoms with van der Waals surface area (Å²) < 4.78 is 23.4. The molecule has 0 unspecified atom stereocenters. The molecule has 0 spiro atoms. The van der Waals surface area contributed by atoms with Crippen molar-refractivity contribution >= 4 is 27.1 Å². The van der Waals surface area contributed by atoms with Crippen molar-refractivity contribution in [2.24, 2.45) is 0 Å². The molecular weight excluding hydrogens is 274 g/mol. The monoisotopic (exact) mass is 291 g/mol. The van der Waals surface area contributed by atoms with E-state index >= 15 is 0 Å². The van der Waals surface area contributed by atoms with Crippen LogP contribution in [0.25, 0.3) is 0 Å². The molecular formula is C11H17NO4S2. The third-order valence-corrected chi connectivity index (χ3v) is 5.35. The van der Waals surface area contributed by atoms with Gasteiger partial charge in [0.15, 0.2) is 9.84 Å². The average molecular weight is 291 g/mol. The van der Waals surface area contributed by atoms with Gasteiger partial charge in [-0.15, -0.1) is 11.3 Å². The molecule has 1 aromatic heterocycles. The van der Waals surface area contributed by atoms with Crippen LogP contribution in [0.4, 0.5) is 0 Å². The molecule has 102 valence electrons. The Hall–Kier alpha value is -0.950. The van der Waals surface area contributed by atoms with Gasteiger partial charge in [0.05, 0.1) is 17.9 Å². The first-order valence-corrected chi connectivity index (χ1v) is 8.41. The minimum Gasteiger partial charge on any atom is -0.481 e. The molecule has 0 bridgehead atoms. The van der Waals surface area contributed by atoms with Gasteiger partial charge in [0, 0.05) is 4.88 Å². The predicted octanol–water partition coefficient (Wildman–Crippen LogP) is 1.66. The summed E-state index contributed by atoms with van der Waals surface area (Å²) in [6, 6.07) is 0. The Morgan fingerprint density at radius 1 is 1.39 bits per heavy atom. The first-order chi connectivity index (χ1) is 8.38. The highest BCUT2D eigenvalue weighted by atomic mass is 32.2. The zero-order valence-electron chi connectivity index (χ0n) is 10.5. The molecule has 0 amide bonds. The van der Waals surface area contributed by atoms with E-state index in [4.69, 9.17) is 5.11 Å². The second kappa shape index (κ2) is 6.29. The zero-order chi connectivity index (χ0) is 13.8. The van der Waals surface area contributed by atoms with E-state index in [9.17, 15) is 13.2 Å². The molecule has 0 saturated carbocycles. The van der Waals surface area contributed by atoms with Gasteiger partial charge in [-0.1, -0.05) is 13.8 Å². The van der Waals surface area contributed by atoms with Gasteiger partial charge >= 0.3 is 5.97 Å². The molecule has 0 aliphatic rings. The van der Waals surface area contributed by atoms with Crippen molar-refractivity contribution in [3.05, 3.63) is 15.6 Å². The molecule has 1 rings (SSSR count). The van der Waals surface area contributed by atoms with E-state index in [1.165, 1.54) is 11.3 Å².